The Morgan fingerprint density at radius 2 is 2.44 bits per heavy atom. The number of hydrogen-bond donors (Lipinski definition) is 1. The van der Waals surface area contributed by atoms with Gasteiger partial charge in [0.1, 0.15) is 17.3 Å². The van der Waals surface area contributed by atoms with Crippen molar-refractivity contribution in [1.82, 2.24) is 9.97 Å². The largest absolute Gasteiger partial charge is 0.300 e. The molecule has 4 nitrogen and oxygen atoms in total. The zero-order valence-corrected chi connectivity index (χ0v) is 11.4. The summed E-state index contributed by atoms with van der Waals surface area (Å²) < 4.78 is 0. The first-order chi connectivity index (χ1) is 8.76. The smallest absolute Gasteiger partial charge is 0.270 e. The second-order valence-corrected chi connectivity index (χ2v) is 5.56. The molecule has 2 rings (SSSR count). The van der Waals surface area contributed by atoms with E-state index in [1.54, 1.807) is 0 Å². The minimum Gasteiger partial charge on any atom is -0.300 e. The molecule has 0 saturated carbocycles. The lowest BCUT2D eigenvalue weighted by atomic mass is 10.2. The molecule has 2 heterocycles. The van der Waals surface area contributed by atoms with Crippen LogP contribution in [0.25, 0.3) is 10.6 Å². The SMILES string of the molecule is CCCSc1nc(-c2cccs2)c(C#N)c(=O)[nH]1. The van der Waals surface area contributed by atoms with E-state index in [0.717, 1.165) is 17.1 Å². The van der Waals surface area contributed by atoms with Gasteiger partial charge in [-0.1, -0.05) is 24.8 Å². The van der Waals surface area contributed by atoms with E-state index in [2.05, 4.69) is 16.9 Å². The third kappa shape index (κ3) is 2.63. The van der Waals surface area contributed by atoms with Gasteiger partial charge in [0, 0.05) is 5.75 Å². The lowest BCUT2D eigenvalue weighted by molar-refractivity contribution is 0.933. The van der Waals surface area contributed by atoms with Crippen LogP contribution in [0, 0.1) is 11.3 Å². The van der Waals surface area contributed by atoms with Gasteiger partial charge in [0.2, 0.25) is 0 Å². The van der Waals surface area contributed by atoms with E-state index < -0.39 is 0 Å². The molecule has 0 bridgehead atoms. The fourth-order valence-electron chi connectivity index (χ4n) is 1.41. The molecule has 0 aliphatic heterocycles. The van der Waals surface area contributed by atoms with Gasteiger partial charge in [-0.05, 0) is 17.9 Å². The van der Waals surface area contributed by atoms with E-state index in [1.807, 2.05) is 23.6 Å². The average Bonchev–Trinajstić information content (AvgIpc) is 2.89. The predicted octanol–water partition coefficient (Wildman–Crippen LogP) is 2.87. The van der Waals surface area contributed by atoms with Crippen LogP contribution in [0.2, 0.25) is 0 Å². The maximum atomic E-state index is 11.8. The number of nitriles is 1. The average molecular weight is 277 g/mol. The Hall–Kier alpha value is -1.58. The summed E-state index contributed by atoms with van der Waals surface area (Å²) in [6, 6.07) is 5.67. The fraction of sp³-hybridized carbons (Fsp3) is 0.250. The van der Waals surface area contributed by atoms with Crippen molar-refractivity contribution in [2.24, 2.45) is 0 Å². The molecule has 0 aliphatic carbocycles. The predicted molar refractivity (Wildman–Crippen MR) is 73.9 cm³/mol. The molecule has 18 heavy (non-hydrogen) atoms. The minimum atomic E-state index is -0.366. The molecule has 0 radical (unpaired) electrons. The fourth-order valence-corrected chi connectivity index (χ4v) is 2.85. The van der Waals surface area contributed by atoms with Crippen LogP contribution in [0.3, 0.4) is 0 Å². The summed E-state index contributed by atoms with van der Waals surface area (Å²) in [5, 5.41) is 11.5. The monoisotopic (exact) mass is 277 g/mol. The lowest BCUT2D eigenvalue weighted by Crippen LogP contribution is -2.14. The number of nitrogens with one attached hydrogen (secondary N) is 1. The Bertz CT molecular complexity index is 626. The van der Waals surface area contributed by atoms with Crippen LogP contribution in [0.4, 0.5) is 0 Å². The summed E-state index contributed by atoms with van der Waals surface area (Å²) in [7, 11) is 0. The maximum absolute atomic E-state index is 11.8. The summed E-state index contributed by atoms with van der Waals surface area (Å²) in [6.45, 7) is 2.06. The number of H-pyrrole nitrogens is 1. The molecular formula is C12H11N3OS2. The minimum absolute atomic E-state index is 0.0818. The van der Waals surface area contributed by atoms with Gasteiger partial charge in [-0.25, -0.2) is 4.98 Å². The molecule has 1 N–H and O–H groups in total. The quantitative estimate of drug-likeness (QED) is 0.689. The zero-order valence-electron chi connectivity index (χ0n) is 9.77. The normalized spacial score (nSPS) is 10.2. The van der Waals surface area contributed by atoms with Gasteiger partial charge in [0.25, 0.3) is 5.56 Å². The molecule has 2 aromatic heterocycles. The molecule has 0 fully saturated rings. The summed E-state index contributed by atoms with van der Waals surface area (Å²) in [5.74, 6) is 0.888. The van der Waals surface area contributed by atoms with Crippen LogP contribution in [-0.2, 0) is 0 Å². The molecule has 0 amide bonds. The van der Waals surface area contributed by atoms with Crippen LogP contribution in [0.15, 0.2) is 27.5 Å². The number of nitrogens with zero attached hydrogens (tertiary/aromatic N) is 2. The van der Waals surface area contributed by atoms with Gasteiger partial charge in [0.05, 0.1) is 4.88 Å². The van der Waals surface area contributed by atoms with Gasteiger partial charge in [-0.3, -0.25) is 4.79 Å². The molecule has 0 unspecified atom stereocenters. The van der Waals surface area contributed by atoms with Crippen molar-refractivity contribution in [3.8, 4) is 16.6 Å². The van der Waals surface area contributed by atoms with Gasteiger partial charge in [-0.2, -0.15) is 5.26 Å². The van der Waals surface area contributed by atoms with Gasteiger partial charge in [-0.15, -0.1) is 11.3 Å². The van der Waals surface area contributed by atoms with Crippen LogP contribution in [-0.4, -0.2) is 15.7 Å². The topological polar surface area (TPSA) is 69.5 Å². The van der Waals surface area contributed by atoms with Crippen molar-refractivity contribution in [3.05, 3.63) is 33.4 Å². The van der Waals surface area contributed by atoms with E-state index >= 15 is 0 Å². The highest BCUT2D eigenvalue weighted by atomic mass is 32.2. The first-order valence-corrected chi connectivity index (χ1v) is 7.34. The third-order valence-electron chi connectivity index (χ3n) is 2.21. The third-order valence-corrected chi connectivity index (χ3v) is 4.16. The van der Waals surface area contributed by atoms with E-state index in [4.69, 9.17) is 5.26 Å². The first-order valence-electron chi connectivity index (χ1n) is 5.47. The van der Waals surface area contributed by atoms with Crippen molar-refractivity contribution in [2.45, 2.75) is 18.5 Å². The maximum Gasteiger partial charge on any atom is 0.270 e. The highest BCUT2D eigenvalue weighted by molar-refractivity contribution is 7.99. The lowest BCUT2D eigenvalue weighted by Gasteiger charge is -2.03. The van der Waals surface area contributed by atoms with E-state index in [9.17, 15) is 4.79 Å². The number of rotatable bonds is 4. The molecule has 0 aromatic carbocycles. The Morgan fingerprint density at radius 3 is 3.06 bits per heavy atom. The standard InChI is InChI=1S/C12H11N3OS2/c1-2-5-18-12-14-10(9-4-3-6-17-9)8(7-13)11(16)15-12/h3-4,6H,2,5H2,1H3,(H,14,15,16). The van der Waals surface area contributed by atoms with Crippen LogP contribution < -0.4 is 5.56 Å². The second kappa shape index (κ2) is 5.85. The van der Waals surface area contributed by atoms with Crippen molar-refractivity contribution in [2.75, 3.05) is 5.75 Å². The van der Waals surface area contributed by atoms with Crippen LogP contribution in [0.1, 0.15) is 18.9 Å². The number of thioether (sulfide) groups is 1. The van der Waals surface area contributed by atoms with Crippen molar-refractivity contribution in [3.63, 3.8) is 0 Å². The molecular weight excluding hydrogens is 266 g/mol. The van der Waals surface area contributed by atoms with Gasteiger partial charge in [0.15, 0.2) is 5.16 Å². The van der Waals surface area contributed by atoms with E-state index in [-0.39, 0.29) is 11.1 Å². The second-order valence-electron chi connectivity index (χ2n) is 3.53. The van der Waals surface area contributed by atoms with E-state index in [1.165, 1.54) is 23.1 Å². The van der Waals surface area contributed by atoms with Crippen molar-refractivity contribution < 1.29 is 0 Å². The van der Waals surface area contributed by atoms with E-state index in [0.29, 0.717) is 10.9 Å². The Balaban J connectivity index is 2.52. The molecule has 0 atom stereocenters. The van der Waals surface area contributed by atoms with Gasteiger partial charge >= 0.3 is 0 Å². The molecule has 0 aliphatic rings. The van der Waals surface area contributed by atoms with Crippen LogP contribution in [0.5, 0.6) is 0 Å². The Morgan fingerprint density at radius 1 is 1.61 bits per heavy atom. The first kappa shape index (κ1) is 12.9. The van der Waals surface area contributed by atoms with Crippen molar-refractivity contribution in [1.29, 1.82) is 5.26 Å². The summed E-state index contributed by atoms with van der Waals surface area (Å²) >= 11 is 2.96. The van der Waals surface area contributed by atoms with Crippen molar-refractivity contribution >= 4 is 23.1 Å². The summed E-state index contributed by atoms with van der Waals surface area (Å²) in [6.07, 6.45) is 1.00. The molecule has 0 spiro atoms. The van der Waals surface area contributed by atoms with Crippen LogP contribution >= 0.6 is 23.1 Å². The molecule has 6 heteroatoms. The summed E-state index contributed by atoms with van der Waals surface area (Å²) in [5.41, 5.74) is 0.197. The molecule has 2 aromatic rings. The molecule has 92 valence electrons. The van der Waals surface area contributed by atoms with Gasteiger partial charge < -0.3 is 4.98 Å². The molecule has 0 saturated heterocycles. The Kier molecular flexibility index (Phi) is 4.18. The number of thiophene rings is 1. The number of hydrogen-bond acceptors (Lipinski definition) is 5. The zero-order chi connectivity index (χ0) is 13.0. The summed E-state index contributed by atoms with van der Waals surface area (Å²) in [4.78, 5) is 19.7. The highest BCUT2D eigenvalue weighted by Crippen LogP contribution is 2.26. The highest BCUT2D eigenvalue weighted by Gasteiger charge is 2.13. The Labute approximate surface area is 113 Å². The number of aromatic nitrogens is 2. The number of aromatic amines is 1.